The van der Waals surface area contributed by atoms with Gasteiger partial charge in [0.1, 0.15) is 0 Å². The number of piperidine rings is 1. The molecule has 0 bridgehead atoms. The Balaban J connectivity index is 1.70. The highest BCUT2D eigenvalue weighted by Gasteiger charge is 2.31. The Morgan fingerprint density at radius 3 is 2.35 bits per heavy atom. The van der Waals surface area contributed by atoms with Crippen molar-refractivity contribution in [1.29, 1.82) is 0 Å². The molecule has 100 valence electrons. The first kappa shape index (κ1) is 13.4. The van der Waals surface area contributed by atoms with Crippen molar-refractivity contribution in [2.45, 2.75) is 46.6 Å². The average molecular weight is 238 g/mol. The summed E-state index contributed by atoms with van der Waals surface area (Å²) in [6.45, 7) is 16.1. The minimum atomic E-state index is 0.734. The lowest BCUT2D eigenvalue weighted by Gasteiger charge is -2.45. The fourth-order valence-electron chi connectivity index (χ4n) is 3.26. The summed E-state index contributed by atoms with van der Waals surface area (Å²) in [5.74, 6) is 2.78. The van der Waals surface area contributed by atoms with Crippen LogP contribution in [-0.4, -0.2) is 48.6 Å². The van der Waals surface area contributed by atoms with Crippen molar-refractivity contribution in [2.24, 2.45) is 17.8 Å². The molecule has 0 aromatic carbocycles. The highest BCUT2D eigenvalue weighted by atomic mass is 15.2. The number of hydrogen-bond donors (Lipinski definition) is 0. The highest BCUT2D eigenvalue weighted by Crippen LogP contribution is 2.26. The Kier molecular flexibility index (Phi) is 4.48. The summed E-state index contributed by atoms with van der Waals surface area (Å²) in [6, 6.07) is 0.734. The van der Waals surface area contributed by atoms with Gasteiger partial charge in [-0.15, -0.1) is 0 Å². The van der Waals surface area contributed by atoms with Crippen molar-refractivity contribution >= 4 is 0 Å². The molecule has 2 heterocycles. The topological polar surface area (TPSA) is 6.48 Å². The molecule has 0 saturated carbocycles. The molecule has 1 atom stereocenters. The van der Waals surface area contributed by atoms with Gasteiger partial charge >= 0.3 is 0 Å². The fraction of sp³-hybridized carbons (Fsp3) is 1.00. The van der Waals surface area contributed by atoms with Gasteiger partial charge in [0.25, 0.3) is 0 Å². The van der Waals surface area contributed by atoms with Crippen LogP contribution in [0.3, 0.4) is 0 Å². The maximum Gasteiger partial charge on any atom is 0.00387 e. The van der Waals surface area contributed by atoms with Gasteiger partial charge in [-0.05, 0) is 51.0 Å². The van der Waals surface area contributed by atoms with E-state index in [0.29, 0.717) is 0 Å². The molecule has 2 rings (SSSR count). The van der Waals surface area contributed by atoms with Crippen molar-refractivity contribution in [3.63, 3.8) is 0 Å². The van der Waals surface area contributed by atoms with Crippen LogP contribution in [0.15, 0.2) is 0 Å². The second-order valence-corrected chi connectivity index (χ2v) is 6.82. The minimum absolute atomic E-state index is 0.734. The van der Waals surface area contributed by atoms with E-state index in [0.717, 1.165) is 23.8 Å². The normalized spacial score (nSPS) is 28.9. The van der Waals surface area contributed by atoms with E-state index in [1.807, 2.05) is 0 Å². The van der Waals surface area contributed by atoms with Gasteiger partial charge in [-0.1, -0.05) is 13.8 Å². The number of nitrogens with zero attached hydrogens (tertiary/aromatic N) is 2. The molecular weight excluding hydrogens is 208 g/mol. The van der Waals surface area contributed by atoms with Gasteiger partial charge in [0.15, 0.2) is 0 Å². The summed E-state index contributed by atoms with van der Waals surface area (Å²) < 4.78 is 0. The van der Waals surface area contributed by atoms with E-state index in [2.05, 4.69) is 37.5 Å². The quantitative estimate of drug-likeness (QED) is 0.743. The van der Waals surface area contributed by atoms with E-state index in [1.165, 1.54) is 45.6 Å². The molecule has 0 aliphatic carbocycles. The van der Waals surface area contributed by atoms with Gasteiger partial charge in [0.05, 0.1) is 0 Å². The van der Waals surface area contributed by atoms with Gasteiger partial charge in [0.2, 0.25) is 0 Å². The first-order valence-electron chi connectivity index (χ1n) is 7.52. The molecule has 2 fully saturated rings. The minimum Gasteiger partial charge on any atom is -0.302 e. The SMILES string of the molecule is CC(C)C1CN(CC2CCCN(C(C)C)C2)C1. The van der Waals surface area contributed by atoms with Crippen molar-refractivity contribution in [2.75, 3.05) is 32.7 Å². The van der Waals surface area contributed by atoms with Crippen LogP contribution in [0.1, 0.15) is 40.5 Å². The van der Waals surface area contributed by atoms with Crippen molar-refractivity contribution < 1.29 is 0 Å². The van der Waals surface area contributed by atoms with Crippen LogP contribution in [0.4, 0.5) is 0 Å². The van der Waals surface area contributed by atoms with Gasteiger partial charge in [-0.3, -0.25) is 0 Å². The maximum absolute atomic E-state index is 2.68. The van der Waals surface area contributed by atoms with Crippen molar-refractivity contribution in [1.82, 2.24) is 9.80 Å². The molecule has 0 amide bonds. The first-order chi connectivity index (χ1) is 8.06. The highest BCUT2D eigenvalue weighted by molar-refractivity contribution is 4.85. The lowest BCUT2D eigenvalue weighted by atomic mass is 9.86. The summed E-state index contributed by atoms with van der Waals surface area (Å²) in [5.41, 5.74) is 0. The Bertz CT molecular complexity index is 231. The van der Waals surface area contributed by atoms with E-state index >= 15 is 0 Å². The van der Waals surface area contributed by atoms with Crippen LogP contribution in [0.25, 0.3) is 0 Å². The maximum atomic E-state index is 2.68. The molecule has 0 N–H and O–H groups in total. The zero-order valence-corrected chi connectivity index (χ0v) is 12.2. The third-order valence-electron chi connectivity index (χ3n) is 4.73. The summed E-state index contributed by atoms with van der Waals surface area (Å²) in [7, 11) is 0. The van der Waals surface area contributed by atoms with Gasteiger partial charge in [-0.2, -0.15) is 0 Å². The average Bonchev–Trinajstić information content (AvgIpc) is 2.22. The smallest absolute Gasteiger partial charge is 0.00387 e. The second kappa shape index (κ2) is 5.71. The largest absolute Gasteiger partial charge is 0.302 e. The lowest BCUT2D eigenvalue weighted by molar-refractivity contribution is 0.0322. The monoisotopic (exact) mass is 238 g/mol. The summed E-state index contributed by atoms with van der Waals surface area (Å²) in [5, 5.41) is 0. The molecule has 2 heteroatoms. The summed E-state index contributed by atoms with van der Waals surface area (Å²) in [4.78, 5) is 5.34. The predicted octanol–water partition coefficient (Wildman–Crippen LogP) is 2.69. The van der Waals surface area contributed by atoms with E-state index < -0.39 is 0 Å². The lowest BCUT2D eigenvalue weighted by Crippen LogP contribution is -2.52. The van der Waals surface area contributed by atoms with E-state index in [1.54, 1.807) is 0 Å². The van der Waals surface area contributed by atoms with E-state index in [9.17, 15) is 0 Å². The molecule has 2 nitrogen and oxygen atoms in total. The standard InChI is InChI=1S/C15H30N2/c1-12(2)15-10-16(11-15)8-14-6-5-7-17(9-14)13(3)4/h12-15H,5-11H2,1-4H3. The van der Waals surface area contributed by atoms with Gasteiger partial charge < -0.3 is 9.80 Å². The molecule has 1 unspecified atom stereocenters. The molecule has 0 aromatic heterocycles. The van der Waals surface area contributed by atoms with Crippen LogP contribution < -0.4 is 0 Å². The molecular formula is C15H30N2. The number of rotatable bonds is 4. The predicted molar refractivity (Wildman–Crippen MR) is 74.2 cm³/mol. The molecule has 0 spiro atoms. The fourth-order valence-corrected chi connectivity index (χ4v) is 3.26. The zero-order valence-electron chi connectivity index (χ0n) is 12.2. The molecule has 2 saturated heterocycles. The van der Waals surface area contributed by atoms with Crippen LogP contribution in [0.5, 0.6) is 0 Å². The Hall–Kier alpha value is -0.0800. The van der Waals surface area contributed by atoms with Crippen LogP contribution in [0.2, 0.25) is 0 Å². The van der Waals surface area contributed by atoms with E-state index in [4.69, 9.17) is 0 Å². The Labute approximate surface area is 107 Å². The van der Waals surface area contributed by atoms with Crippen LogP contribution in [-0.2, 0) is 0 Å². The summed E-state index contributed by atoms with van der Waals surface area (Å²) in [6.07, 6.45) is 2.86. The van der Waals surface area contributed by atoms with Crippen LogP contribution in [0, 0.1) is 17.8 Å². The first-order valence-corrected chi connectivity index (χ1v) is 7.52. The third kappa shape index (κ3) is 3.45. The van der Waals surface area contributed by atoms with Crippen molar-refractivity contribution in [3.8, 4) is 0 Å². The van der Waals surface area contributed by atoms with Gasteiger partial charge in [-0.25, -0.2) is 0 Å². The number of likely N-dealkylation sites (tertiary alicyclic amines) is 2. The zero-order chi connectivity index (χ0) is 12.4. The summed E-state index contributed by atoms with van der Waals surface area (Å²) >= 11 is 0. The third-order valence-corrected chi connectivity index (χ3v) is 4.73. The Morgan fingerprint density at radius 2 is 1.76 bits per heavy atom. The molecule has 0 radical (unpaired) electrons. The van der Waals surface area contributed by atoms with Gasteiger partial charge in [0, 0.05) is 32.2 Å². The van der Waals surface area contributed by atoms with Crippen molar-refractivity contribution in [3.05, 3.63) is 0 Å². The molecule has 2 aliphatic heterocycles. The van der Waals surface area contributed by atoms with Crippen LogP contribution >= 0.6 is 0 Å². The van der Waals surface area contributed by atoms with E-state index in [-0.39, 0.29) is 0 Å². The molecule has 0 aromatic rings. The Morgan fingerprint density at radius 1 is 1.06 bits per heavy atom. The second-order valence-electron chi connectivity index (χ2n) is 6.82. The molecule has 17 heavy (non-hydrogen) atoms. The number of hydrogen-bond acceptors (Lipinski definition) is 2. The molecule has 2 aliphatic rings.